The third kappa shape index (κ3) is 7.31. The van der Waals surface area contributed by atoms with Gasteiger partial charge in [0, 0.05) is 16.6 Å². The van der Waals surface area contributed by atoms with E-state index in [9.17, 15) is 0 Å². The van der Waals surface area contributed by atoms with Crippen molar-refractivity contribution < 1.29 is 0 Å². The summed E-state index contributed by atoms with van der Waals surface area (Å²) >= 11 is 4.16. The van der Waals surface area contributed by atoms with Crippen LogP contribution in [0.15, 0.2) is 18.2 Å². The van der Waals surface area contributed by atoms with Crippen LogP contribution < -0.4 is 5.73 Å². The van der Waals surface area contributed by atoms with Crippen molar-refractivity contribution >= 4 is 23.5 Å². The quantitative estimate of drug-likeness (QED) is 0.380. The molecule has 0 bridgehead atoms. The standard InChI is InChI=1S/C12H16N2.C9H20S/c1-8-3-4-12-11(7-8)10(5-6-13)9(2)14-12;1-2-3-4-5-6-7-8-9-10/h3-4,7,14H,5-6,13H2,1-2H3;10H,2-9H2,1H3. The van der Waals surface area contributed by atoms with Gasteiger partial charge >= 0.3 is 0 Å². The summed E-state index contributed by atoms with van der Waals surface area (Å²) in [6, 6.07) is 6.49. The molecule has 0 saturated carbocycles. The predicted molar refractivity (Wildman–Crippen MR) is 112 cm³/mol. The highest BCUT2D eigenvalue weighted by Gasteiger charge is 2.06. The van der Waals surface area contributed by atoms with E-state index in [1.165, 1.54) is 72.7 Å². The van der Waals surface area contributed by atoms with Gasteiger partial charge in [-0.1, -0.05) is 57.1 Å². The predicted octanol–water partition coefficient (Wildman–Crippen LogP) is 5.95. The van der Waals surface area contributed by atoms with Gasteiger partial charge in [0.15, 0.2) is 0 Å². The number of aromatic nitrogens is 1. The highest BCUT2D eigenvalue weighted by Crippen LogP contribution is 2.23. The van der Waals surface area contributed by atoms with E-state index in [1.807, 2.05) is 0 Å². The Labute approximate surface area is 154 Å². The van der Waals surface area contributed by atoms with Crippen molar-refractivity contribution in [3.63, 3.8) is 0 Å². The second-order valence-electron chi connectivity index (χ2n) is 6.66. The number of H-pyrrole nitrogens is 1. The zero-order valence-corrected chi connectivity index (χ0v) is 16.7. The molecule has 0 spiro atoms. The zero-order valence-electron chi connectivity index (χ0n) is 15.8. The van der Waals surface area contributed by atoms with Crippen molar-refractivity contribution in [1.29, 1.82) is 0 Å². The van der Waals surface area contributed by atoms with Crippen LogP contribution in [0.3, 0.4) is 0 Å². The summed E-state index contributed by atoms with van der Waals surface area (Å²) in [6.45, 7) is 7.20. The number of thiol groups is 1. The van der Waals surface area contributed by atoms with Crippen LogP contribution in [-0.4, -0.2) is 17.3 Å². The van der Waals surface area contributed by atoms with Crippen LogP contribution >= 0.6 is 12.6 Å². The van der Waals surface area contributed by atoms with Gasteiger partial charge in [-0.3, -0.25) is 0 Å². The molecule has 136 valence electrons. The molecule has 0 aliphatic heterocycles. The maximum absolute atomic E-state index is 5.60. The Morgan fingerprint density at radius 3 is 2.29 bits per heavy atom. The van der Waals surface area contributed by atoms with Gasteiger partial charge in [-0.05, 0) is 56.7 Å². The summed E-state index contributed by atoms with van der Waals surface area (Å²) < 4.78 is 0. The Morgan fingerprint density at radius 1 is 1.00 bits per heavy atom. The second-order valence-corrected chi connectivity index (χ2v) is 7.11. The van der Waals surface area contributed by atoms with E-state index in [0.717, 1.165) is 12.2 Å². The largest absolute Gasteiger partial charge is 0.358 e. The minimum Gasteiger partial charge on any atom is -0.358 e. The summed E-state index contributed by atoms with van der Waals surface area (Å²) in [5.74, 6) is 1.06. The molecule has 2 nitrogen and oxygen atoms in total. The molecular weight excluding hydrogens is 312 g/mol. The van der Waals surface area contributed by atoms with Gasteiger partial charge in [-0.25, -0.2) is 0 Å². The van der Waals surface area contributed by atoms with Crippen LogP contribution in [0, 0.1) is 13.8 Å². The topological polar surface area (TPSA) is 41.8 Å². The van der Waals surface area contributed by atoms with Crippen molar-refractivity contribution in [3.8, 4) is 0 Å². The fourth-order valence-electron chi connectivity index (χ4n) is 3.03. The van der Waals surface area contributed by atoms with E-state index in [1.54, 1.807) is 0 Å². The van der Waals surface area contributed by atoms with E-state index in [0.29, 0.717) is 6.54 Å². The second kappa shape index (κ2) is 12.4. The van der Waals surface area contributed by atoms with Crippen LogP contribution in [0.25, 0.3) is 10.9 Å². The van der Waals surface area contributed by atoms with Crippen LogP contribution in [0.2, 0.25) is 0 Å². The van der Waals surface area contributed by atoms with Gasteiger partial charge in [0.1, 0.15) is 0 Å². The molecule has 2 rings (SSSR count). The smallest absolute Gasteiger partial charge is 0.0459 e. The SMILES string of the molecule is CCCCCCCCCS.Cc1ccc2[nH]c(C)c(CCN)c2c1. The number of nitrogens with one attached hydrogen (secondary N) is 1. The number of hydrogen-bond acceptors (Lipinski definition) is 2. The molecule has 0 saturated heterocycles. The Kier molecular flexibility index (Phi) is 10.9. The lowest BCUT2D eigenvalue weighted by Gasteiger charge is -1.98. The van der Waals surface area contributed by atoms with E-state index >= 15 is 0 Å². The first-order chi connectivity index (χ1) is 11.6. The molecule has 24 heavy (non-hydrogen) atoms. The Bertz CT molecular complexity index is 566. The third-order valence-electron chi connectivity index (χ3n) is 4.43. The molecule has 0 unspecified atom stereocenters. The fraction of sp³-hybridized carbons (Fsp3) is 0.619. The fourth-order valence-corrected chi connectivity index (χ4v) is 3.26. The van der Waals surface area contributed by atoms with E-state index < -0.39 is 0 Å². The molecule has 1 heterocycles. The number of benzene rings is 1. The maximum atomic E-state index is 5.60. The first-order valence-corrected chi connectivity index (χ1v) is 10.2. The average Bonchev–Trinajstić information content (AvgIpc) is 2.87. The molecule has 0 radical (unpaired) electrons. The minimum absolute atomic E-state index is 0.710. The number of unbranched alkanes of at least 4 members (excludes halogenated alkanes) is 6. The van der Waals surface area contributed by atoms with Crippen LogP contribution in [-0.2, 0) is 6.42 Å². The lowest BCUT2D eigenvalue weighted by Crippen LogP contribution is -2.03. The molecule has 0 fully saturated rings. The first-order valence-electron chi connectivity index (χ1n) is 9.52. The molecule has 1 aromatic carbocycles. The lowest BCUT2D eigenvalue weighted by atomic mass is 10.1. The van der Waals surface area contributed by atoms with Gasteiger partial charge in [-0.15, -0.1) is 0 Å². The number of nitrogens with two attached hydrogens (primary N) is 1. The van der Waals surface area contributed by atoms with E-state index in [-0.39, 0.29) is 0 Å². The summed E-state index contributed by atoms with van der Waals surface area (Å²) in [5, 5.41) is 1.33. The van der Waals surface area contributed by atoms with E-state index in [2.05, 4.69) is 56.6 Å². The molecule has 0 aliphatic carbocycles. The number of aryl methyl sites for hydroxylation is 2. The maximum Gasteiger partial charge on any atom is 0.0459 e. The summed E-state index contributed by atoms with van der Waals surface area (Å²) in [7, 11) is 0. The molecule has 0 amide bonds. The Balaban J connectivity index is 0.000000257. The highest BCUT2D eigenvalue weighted by atomic mass is 32.1. The molecule has 2 aromatic rings. The molecular formula is C21H36N2S. The number of hydrogen-bond donors (Lipinski definition) is 3. The third-order valence-corrected chi connectivity index (χ3v) is 4.75. The summed E-state index contributed by atoms with van der Waals surface area (Å²) in [4.78, 5) is 3.38. The van der Waals surface area contributed by atoms with Crippen molar-refractivity contribution in [2.75, 3.05) is 12.3 Å². The molecule has 0 aliphatic rings. The number of rotatable bonds is 9. The van der Waals surface area contributed by atoms with Crippen LogP contribution in [0.4, 0.5) is 0 Å². The van der Waals surface area contributed by atoms with Crippen LogP contribution in [0.5, 0.6) is 0 Å². The van der Waals surface area contributed by atoms with Gasteiger partial charge in [0.2, 0.25) is 0 Å². The average molecular weight is 349 g/mol. The molecule has 3 heteroatoms. The van der Waals surface area contributed by atoms with Gasteiger partial charge in [-0.2, -0.15) is 12.6 Å². The molecule has 0 atom stereocenters. The van der Waals surface area contributed by atoms with Gasteiger partial charge in [0.25, 0.3) is 0 Å². The normalized spacial score (nSPS) is 10.7. The number of fused-ring (bicyclic) bond motifs is 1. The minimum atomic E-state index is 0.710. The first kappa shape index (κ1) is 21.1. The van der Waals surface area contributed by atoms with Crippen LogP contribution in [0.1, 0.15) is 68.7 Å². The highest BCUT2D eigenvalue weighted by molar-refractivity contribution is 7.80. The zero-order chi connectivity index (χ0) is 17.8. The Morgan fingerprint density at radius 2 is 1.67 bits per heavy atom. The monoisotopic (exact) mass is 348 g/mol. The van der Waals surface area contributed by atoms with Crippen molar-refractivity contribution in [2.45, 2.75) is 72.1 Å². The Hall–Kier alpha value is -0.930. The molecule has 1 aromatic heterocycles. The molecule has 3 N–H and O–H groups in total. The van der Waals surface area contributed by atoms with Crippen molar-refractivity contribution in [1.82, 2.24) is 4.98 Å². The van der Waals surface area contributed by atoms with Gasteiger partial charge < -0.3 is 10.7 Å². The van der Waals surface area contributed by atoms with Crippen molar-refractivity contribution in [3.05, 3.63) is 35.0 Å². The van der Waals surface area contributed by atoms with Gasteiger partial charge in [0.05, 0.1) is 0 Å². The van der Waals surface area contributed by atoms with Crippen molar-refractivity contribution in [2.24, 2.45) is 5.73 Å². The summed E-state index contributed by atoms with van der Waals surface area (Å²) in [5.41, 5.74) is 10.7. The number of aromatic amines is 1. The summed E-state index contributed by atoms with van der Waals surface area (Å²) in [6.07, 6.45) is 10.7. The van der Waals surface area contributed by atoms with E-state index in [4.69, 9.17) is 5.73 Å². The lowest BCUT2D eigenvalue weighted by molar-refractivity contribution is 0.604.